The number of hydrogen-bond acceptors (Lipinski definition) is 11. The van der Waals surface area contributed by atoms with Crippen LogP contribution in [0.25, 0.3) is 16.9 Å². The summed E-state index contributed by atoms with van der Waals surface area (Å²) < 4.78 is 89.5. The number of rotatable bonds is 11. The number of carbonyl (C=O) groups is 2. The Hall–Kier alpha value is -5.07. The van der Waals surface area contributed by atoms with E-state index in [0.717, 1.165) is 33.5 Å². The fraction of sp³-hybridized carbons (Fsp3) is 0.433. The van der Waals surface area contributed by atoms with Gasteiger partial charge in [-0.05, 0) is 69.9 Å². The highest BCUT2D eigenvalue weighted by Crippen LogP contribution is 2.33. The Labute approximate surface area is 278 Å². The number of benzene rings is 2. The zero-order valence-electron chi connectivity index (χ0n) is 26.9. The molecule has 1 N–H and O–H groups in total. The fourth-order valence-corrected chi connectivity index (χ4v) is 5.72. The van der Waals surface area contributed by atoms with E-state index in [-0.39, 0.29) is 34.9 Å². The molecule has 2 aromatic heterocycles. The van der Waals surface area contributed by atoms with Crippen LogP contribution in [0.2, 0.25) is 0 Å². The maximum Gasteiger partial charge on any atom is 0.511 e. The standard InChI is InChI=1S/C30H35F3N6O9S/c1-19(2)45-29(41)46-21(4)47-39-38(48-39)36-15-13-22(14-16-36)18-44-28(40)35-49(42,43)25-11-9-24(10-12-25)37-26(17-27(34-37)30(31,32)33)23-7-5-20(3)6-8-23/h5-12,17,19,21-22H,13-16,18H2,1-4H3,(H,35,40). The third kappa shape index (κ3) is 9.09. The van der Waals surface area contributed by atoms with E-state index < -0.39 is 40.4 Å². The van der Waals surface area contributed by atoms with Gasteiger partial charge in [0.25, 0.3) is 16.3 Å². The first-order valence-electron chi connectivity index (χ1n) is 15.2. The number of ether oxygens (including phenoxy) is 3. The molecule has 19 heteroatoms. The van der Waals surface area contributed by atoms with Gasteiger partial charge in [0.05, 0.1) is 29.0 Å². The smallest absolute Gasteiger partial charge is 0.449 e. The van der Waals surface area contributed by atoms with Crippen LogP contribution in [0.4, 0.5) is 22.8 Å². The summed E-state index contributed by atoms with van der Waals surface area (Å²) in [5.41, 5.74) is 0.635. The van der Waals surface area contributed by atoms with Crippen molar-refractivity contribution in [3.63, 3.8) is 0 Å². The molecule has 5 rings (SSSR count). The molecule has 49 heavy (non-hydrogen) atoms. The van der Waals surface area contributed by atoms with E-state index in [1.165, 1.54) is 24.0 Å². The molecule has 0 spiro atoms. The Kier molecular flexibility index (Phi) is 10.2. The van der Waals surface area contributed by atoms with Gasteiger partial charge in [-0.15, -0.1) is 0 Å². The number of nitrogens with zero attached hydrogens (tertiary/aromatic N) is 5. The lowest BCUT2D eigenvalue weighted by Gasteiger charge is -2.28. The van der Waals surface area contributed by atoms with Crippen molar-refractivity contribution in [2.45, 2.75) is 64.0 Å². The van der Waals surface area contributed by atoms with Crippen LogP contribution in [0.15, 0.2) is 64.1 Å². The lowest BCUT2D eigenvalue weighted by atomic mass is 9.99. The van der Waals surface area contributed by atoms with Crippen molar-refractivity contribution in [3.05, 3.63) is 65.9 Å². The molecular weight excluding hydrogens is 677 g/mol. The van der Waals surface area contributed by atoms with Gasteiger partial charge in [-0.25, -0.2) is 27.4 Å². The summed E-state index contributed by atoms with van der Waals surface area (Å²) >= 11 is 0. The highest BCUT2D eigenvalue weighted by atomic mass is 32.2. The first-order chi connectivity index (χ1) is 23.1. The van der Waals surface area contributed by atoms with Gasteiger partial charge in [0, 0.05) is 30.5 Å². The molecule has 1 fully saturated rings. The van der Waals surface area contributed by atoms with Crippen molar-refractivity contribution < 1.29 is 54.9 Å². The van der Waals surface area contributed by atoms with Crippen molar-refractivity contribution in [2.24, 2.45) is 5.92 Å². The van der Waals surface area contributed by atoms with Crippen molar-refractivity contribution in [2.75, 3.05) is 24.7 Å². The maximum absolute atomic E-state index is 13.5. The van der Waals surface area contributed by atoms with Gasteiger partial charge < -0.3 is 19.0 Å². The molecule has 0 aliphatic carbocycles. The molecule has 0 saturated carbocycles. The predicted octanol–water partition coefficient (Wildman–Crippen LogP) is 4.86. The Morgan fingerprint density at radius 1 is 1.02 bits per heavy atom. The van der Waals surface area contributed by atoms with E-state index in [1.807, 2.05) is 11.6 Å². The number of aryl methyl sites for hydroxylation is 1. The van der Waals surface area contributed by atoms with E-state index in [9.17, 15) is 31.2 Å². The SMILES string of the molecule is Cc1ccc(-c2cc(C(F)(F)F)nn2-c2ccc(S(=O)(=O)NC(=O)OCC3CCN(n4on4OC(C)OC(=O)OC(C)C)CC3)cc2)cc1. The number of piperidine rings is 1. The van der Waals surface area contributed by atoms with Gasteiger partial charge in [-0.2, -0.15) is 22.9 Å². The Bertz CT molecular complexity index is 1840. The topological polar surface area (TPSA) is 161 Å². The second kappa shape index (κ2) is 14.2. The molecule has 266 valence electrons. The van der Waals surface area contributed by atoms with E-state index in [4.69, 9.17) is 23.7 Å². The fourth-order valence-electron chi connectivity index (χ4n) is 4.83. The Morgan fingerprint density at radius 2 is 1.67 bits per heavy atom. The van der Waals surface area contributed by atoms with Gasteiger partial charge in [-0.3, -0.25) is 5.01 Å². The molecule has 1 unspecified atom stereocenters. The number of alkyl halides is 3. The van der Waals surface area contributed by atoms with E-state index in [2.05, 4.69) is 5.10 Å². The minimum absolute atomic E-state index is 0.0410. The number of nitrogens with one attached hydrogen (secondary N) is 1. The quantitative estimate of drug-likeness (QED) is 0.167. The highest BCUT2D eigenvalue weighted by molar-refractivity contribution is 7.90. The molecule has 1 atom stereocenters. The minimum atomic E-state index is -4.70. The molecule has 1 aliphatic rings. The predicted molar refractivity (Wildman–Crippen MR) is 165 cm³/mol. The van der Waals surface area contributed by atoms with Gasteiger partial charge in [0.1, 0.15) is 5.02 Å². The van der Waals surface area contributed by atoms with E-state index >= 15 is 0 Å². The number of amides is 1. The molecule has 3 heterocycles. The number of aromatic nitrogens is 4. The summed E-state index contributed by atoms with van der Waals surface area (Å²) in [5, 5.41) is 6.56. The van der Waals surface area contributed by atoms with Gasteiger partial charge in [0.15, 0.2) is 5.69 Å². The van der Waals surface area contributed by atoms with Gasteiger partial charge in [-0.1, -0.05) is 29.8 Å². The van der Waals surface area contributed by atoms with Crippen molar-refractivity contribution in [3.8, 4) is 16.9 Å². The summed E-state index contributed by atoms with van der Waals surface area (Å²) in [6, 6.07) is 12.6. The second-order valence-corrected chi connectivity index (χ2v) is 13.2. The molecule has 15 nitrogen and oxygen atoms in total. The van der Waals surface area contributed by atoms with Crippen molar-refractivity contribution in [1.29, 1.82) is 0 Å². The first kappa shape index (κ1) is 35.2. The third-order valence-electron chi connectivity index (χ3n) is 7.33. The van der Waals surface area contributed by atoms with Crippen LogP contribution in [0.3, 0.4) is 0 Å². The molecule has 1 saturated heterocycles. The van der Waals surface area contributed by atoms with Crippen LogP contribution in [0, 0.1) is 12.8 Å². The monoisotopic (exact) mass is 712 g/mol. The zero-order valence-corrected chi connectivity index (χ0v) is 27.7. The third-order valence-corrected chi connectivity index (χ3v) is 8.66. The normalized spacial score (nSPS) is 14.9. The van der Waals surface area contributed by atoms with Crippen LogP contribution in [-0.2, 0) is 30.4 Å². The Morgan fingerprint density at radius 3 is 2.29 bits per heavy atom. The van der Waals surface area contributed by atoms with E-state index in [1.54, 1.807) is 43.1 Å². The van der Waals surface area contributed by atoms with Crippen LogP contribution < -0.4 is 14.6 Å². The van der Waals surface area contributed by atoms with Crippen LogP contribution >= 0.6 is 0 Å². The minimum Gasteiger partial charge on any atom is -0.449 e. The van der Waals surface area contributed by atoms with Crippen LogP contribution in [0.5, 0.6) is 0 Å². The summed E-state index contributed by atoms with van der Waals surface area (Å²) in [5.74, 6) is -0.0650. The van der Waals surface area contributed by atoms with E-state index in [0.29, 0.717) is 31.5 Å². The number of sulfonamides is 1. The molecule has 1 aliphatic heterocycles. The lowest BCUT2D eigenvalue weighted by molar-refractivity contribution is -0.141. The average molecular weight is 713 g/mol. The van der Waals surface area contributed by atoms with Crippen LogP contribution in [-0.4, -0.2) is 72.5 Å². The molecule has 1 amide bonds. The summed E-state index contributed by atoms with van der Waals surface area (Å²) in [4.78, 5) is 30.3. The first-order valence-corrected chi connectivity index (χ1v) is 16.7. The maximum atomic E-state index is 13.5. The summed E-state index contributed by atoms with van der Waals surface area (Å²) in [6.45, 7) is 7.65. The Balaban J connectivity index is 1.11. The molecule has 2 aromatic carbocycles. The number of carbonyl (C=O) groups excluding carboxylic acids is 2. The number of halogens is 3. The van der Waals surface area contributed by atoms with Crippen molar-refractivity contribution in [1.82, 2.24) is 24.5 Å². The second-order valence-electron chi connectivity index (χ2n) is 11.6. The molecule has 4 aromatic rings. The van der Waals surface area contributed by atoms with Gasteiger partial charge in [0.2, 0.25) is 0 Å². The van der Waals surface area contributed by atoms with Gasteiger partial charge >= 0.3 is 18.4 Å². The highest BCUT2D eigenvalue weighted by Gasteiger charge is 2.35. The van der Waals surface area contributed by atoms with Crippen LogP contribution in [0.1, 0.15) is 44.9 Å². The summed E-state index contributed by atoms with van der Waals surface area (Å²) in [6.07, 6.45) is -6.91. The number of hydrogen-bond donors (Lipinski definition) is 1. The molecule has 0 bridgehead atoms. The lowest BCUT2D eigenvalue weighted by Crippen LogP contribution is -2.42. The molecule has 0 radical (unpaired) electrons. The van der Waals surface area contributed by atoms with Crippen molar-refractivity contribution >= 4 is 22.3 Å². The molecular formula is C30H35F3N6O9S. The summed E-state index contributed by atoms with van der Waals surface area (Å²) in [7, 11) is -4.36. The zero-order chi connectivity index (χ0) is 35.5. The average Bonchev–Trinajstić information content (AvgIpc) is 3.62. The largest absolute Gasteiger partial charge is 0.511 e.